The van der Waals surface area contributed by atoms with Crippen LogP contribution in [0.1, 0.15) is 23.1 Å². The summed E-state index contributed by atoms with van der Waals surface area (Å²) in [5.74, 6) is -0.161. The van der Waals surface area contributed by atoms with Gasteiger partial charge in [0.05, 0.1) is 0 Å². The molecule has 2 aromatic carbocycles. The van der Waals surface area contributed by atoms with Crippen molar-refractivity contribution in [3.8, 4) is 0 Å². The van der Waals surface area contributed by atoms with Crippen molar-refractivity contribution < 1.29 is 4.39 Å². The molecule has 0 aliphatic heterocycles. The molecule has 1 aliphatic rings. The fourth-order valence-corrected chi connectivity index (χ4v) is 2.94. The first-order valence-electron chi connectivity index (χ1n) is 7.36. The molecule has 0 heterocycles. The molecule has 1 N–H and O–H groups in total. The van der Waals surface area contributed by atoms with Crippen LogP contribution in [0.25, 0.3) is 0 Å². The number of fused-ring (bicyclic) bond motifs is 1. The summed E-state index contributed by atoms with van der Waals surface area (Å²) in [4.78, 5) is 0. The Morgan fingerprint density at radius 1 is 1.00 bits per heavy atom. The van der Waals surface area contributed by atoms with Gasteiger partial charge in [0, 0.05) is 6.04 Å². The van der Waals surface area contributed by atoms with Crippen LogP contribution in [0.15, 0.2) is 48.5 Å². The number of nitrogens with one attached hydrogen (secondary N) is 1. The molecule has 3 rings (SSSR count). The molecule has 0 spiro atoms. The Labute approximate surface area is 132 Å². The lowest BCUT2D eigenvalue weighted by atomic mass is 9.88. The maximum atomic E-state index is 12.8. The Hall–Kier alpha value is -1.38. The summed E-state index contributed by atoms with van der Waals surface area (Å²) >= 11 is 0. The highest BCUT2D eigenvalue weighted by molar-refractivity contribution is 5.85. The van der Waals surface area contributed by atoms with Gasteiger partial charge < -0.3 is 5.32 Å². The third-order valence-electron chi connectivity index (χ3n) is 4.11. The summed E-state index contributed by atoms with van der Waals surface area (Å²) in [6.45, 7) is 0.957. The van der Waals surface area contributed by atoms with Crippen molar-refractivity contribution >= 4 is 12.4 Å². The molecule has 0 fully saturated rings. The monoisotopic (exact) mass is 305 g/mol. The van der Waals surface area contributed by atoms with Crippen LogP contribution < -0.4 is 5.32 Å². The van der Waals surface area contributed by atoms with E-state index in [1.807, 2.05) is 12.1 Å². The van der Waals surface area contributed by atoms with Gasteiger partial charge in [0.25, 0.3) is 0 Å². The fourth-order valence-electron chi connectivity index (χ4n) is 2.94. The van der Waals surface area contributed by atoms with Crippen LogP contribution in [0.3, 0.4) is 0 Å². The Morgan fingerprint density at radius 2 is 1.71 bits per heavy atom. The predicted octanol–water partition coefficient (Wildman–Crippen LogP) is 3.94. The summed E-state index contributed by atoms with van der Waals surface area (Å²) in [5, 5.41) is 3.63. The van der Waals surface area contributed by atoms with Gasteiger partial charge >= 0.3 is 0 Å². The highest BCUT2D eigenvalue weighted by Crippen LogP contribution is 2.20. The summed E-state index contributed by atoms with van der Waals surface area (Å²) in [6.07, 6.45) is 4.46. The van der Waals surface area contributed by atoms with Crippen LogP contribution >= 0.6 is 12.4 Å². The molecule has 0 aromatic heterocycles. The molecular formula is C18H21ClFN. The number of rotatable bonds is 4. The second-order valence-corrected chi connectivity index (χ2v) is 5.54. The molecule has 0 bridgehead atoms. The number of halogens is 2. The normalized spacial score (nSPS) is 16.9. The summed E-state index contributed by atoms with van der Waals surface area (Å²) < 4.78 is 12.8. The molecule has 0 amide bonds. The van der Waals surface area contributed by atoms with Crippen LogP contribution in [0.5, 0.6) is 0 Å². The number of hydrogen-bond donors (Lipinski definition) is 1. The van der Waals surface area contributed by atoms with E-state index in [0.717, 1.165) is 19.4 Å². The minimum absolute atomic E-state index is 0. The van der Waals surface area contributed by atoms with Crippen molar-refractivity contribution in [1.82, 2.24) is 5.32 Å². The number of hydrogen-bond acceptors (Lipinski definition) is 1. The summed E-state index contributed by atoms with van der Waals surface area (Å²) in [6, 6.07) is 16.1. The molecule has 0 saturated heterocycles. The summed E-state index contributed by atoms with van der Waals surface area (Å²) in [5.41, 5.74) is 4.18. The van der Waals surface area contributed by atoms with E-state index in [2.05, 4.69) is 29.6 Å². The van der Waals surface area contributed by atoms with E-state index in [4.69, 9.17) is 0 Å². The average Bonchev–Trinajstić information content (AvgIpc) is 2.49. The Balaban J connectivity index is 0.00000161. The first-order chi connectivity index (χ1) is 9.81. The lowest BCUT2D eigenvalue weighted by molar-refractivity contribution is 0.461. The molecule has 1 unspecified atom stereocenters. The van der Waals surface area contributed by atoms with Crippen molar-refractivity contribution in [1.29, 1.82) is 0 Å². The quantitative estimate of drug-likeness (QED) is 0.902. The number of aryl methyl sites for hydroxylation is 1. The van der Waals surface area contributed by atoms with Gasteiger partial charge in [-0.2, -0.15) is 0 Å². The predicted molar refractivity (Wildman–Crippen MR) is 87.6 cm³/mol. The van der Waals surface area contributed by atoms with Crippen molar-refractivity contribution in [3.05, 3.63) is 71.0 Å². The maximum absolute atomic E-state index is 12.8. The van der Waals surface area contributed by atoms with E-state index in [1.165, 1.54) is 41.7 Å². The topological polar surface area (TPSA) is 12.0 Å². The molecule has 1 atom stereocenters. The largest absolute Gasteiger partial charge is 0.313 e. The molecule has 0 saturated carbocycles. The smallest absolute Gasteiger partial charge is 0.123 e. The van der Waals surface area contributed by atoms with Crippen LogP contribution in [0.4, 0.5) is 4.39 Å². The first-order valence-corrected chi connectivity index (χ1v) is 7.36. The molecule has 1 aliphatic carbocycles. The lowest BCUT2D eigenvalue weighted by Crippen LogP contribution is -2.35. The zero-order valence-electron chi connectivity index (χ0n) is 12.0. The second kappa shape index (κ2) is 7.58. The maximum Gasteiger partial charge on any atom is 0.123 e. The van der Waals surface area contributed by atoms with Gasteiger partial charge in [0.1, 0.15) is 5.82 Å². The van der Waals surface area contributed by atoms with Crippen LogP contribution in [0.2, 0.25) is 0 Å². The average molecular weight is 306 g/mol. The van der Waals surface area contributed by atoms with E-state index in [-0.39, 0.29) is 18.2 Å². The van der Waals surface area contributed by atoms with Crippen molar-refractivity contribution in [2.75, 3.05) is 6.54 Å². The van der Waals surface area contributed by atoms with E-state index in [1.54, 1.807) is 0 Å². The van der Waals surface area contributed by atoms with Gasteiger partial charge in [-0.05, 0) is 61.1 Å². The third kappa shape index (κ3) is 4.29. The molecule has 3 heteroatoms. The van der Waals surface area contributed by atoms with Crippen molar-refractivity contribution in [2.45, 2.75) is 31.7 Å². The van der Waals surface area contributed by atoms with Gasteiger partial charge in [0.2, 0.25) is 0 Å². The number of benzene rings is 2. The second-order valence-electron chi connectivity index (χ2n) is 5.54. The van der Waals surface area contributed by atoms with Crippen molar-refractivity contribution in [3.63, 3.8) is 0 Å². The molecule has 21 heavy (non-hydrogen) atoms. The zero-order valence-corrected chi connectivity index (χ0v) is 12.8. The fraction of sp³-hybridized carbons (Fsp3) is 0.333. The van der Waals surface area contributed by atoms with Crippen molar-refractivity contribution in [2.24, 2.45) is 0 Å². The van der Waals surface area contributed by atoms with Gasteiger partial charge in [-0.25, -0.2) is 4.39 Å². The summed E-state index contributed by atoms with van der Waals surface area (Å²) in [7, 11) is 0. The van der Waals surface area contributed by atoms with E-state index < -0.39 is 0 Å². The zero-order chi connectivity index (χ0) is 13.8. The first kappa shape index (κ1) is 16.0. The van der Waals surface area contributed by atoms with Gasteiger partial charge in [-0.1, -0.05) is 36.4 Å². The standard InChI is InChI=1S/C18H20FN.ClH/c19-17-8-5-14(6-9-17)11-12-20-18-10-7-15-3-1-2-4-16(15)13-18;/h1-6,8-9,18,20H,7,10-13H2;1H. The highest BCUT2D eigenvalue weighted by Gasteiger charge is 2.17. The van der Waals surface area contributed by atoms with Crippen LogP contribution in [0, 0.1) is 5.82 Å². The Morgan fingerprint density at radius 3 is 2.48 bits per heavy atom. The van der Waals surface area contributed by atoms with Gasteiger partial charge in [-0.3, -0.25) is 0 Å². The molecule has 1 nitrogen and oxygen atoms in total. The van der Waals surface area contributed by atoms with E-state index in [0.29, 0.717) is 6.04 Å². The van der Waals surface area contributed by atoms with Gasteiger partial charge in [0.15, 0.2) is 0 Å². The molecule has 2 aromatic rings. The van der Waals surface area contributed by atoms with Gasteiger partial charge in [-0.15, -0.1) is 12.4 Å². The van der Waals surface area contributed by atoms with Crippen LogP contribution in [-0.4, -0.2) is 12.6 Å². The minimum atomic E-state index is -0.161. The molecular weight excluding hydrogens is 285 g/mol. The Kier molecular flexibility index (Phi) is 5.77. The highest BCUT2D eigenvalue weighted by atomic mass is 35.5. The lowest BCUT2D eigenvalue weighted by Gasteiger charge is -2.25. The Bertz CT molecular complexity index is 568. The van der Waals surface area contributed by atoms with E-state index in [9.17, 15) is 4.39 Å². The third-order valence-corrected chi connectivity index (χ3v) is 4.11. The van der Waals surface area contributed by atoms with Crippen LogP contribution in [-0.2, 0) is 19.3 Å². The van der Waals surface area contributed by atoms with E-state index >= 15 is 0 Å². The molecule has 112 valence electrons. The SMILES string of the molecule is Cl.Fc1ccc(CCNC2CCc3ccccc3C2)cc1. The molecule has 0 radical (unpaired) electrons. The minimum Gasteiger partial charge on any atom is -0.313 e.